The van der Waals surface area contributed by atoms with E-state index in [0.717, 1.165) is 0 Å². The number of carboxylic acids is 1. The van der Waals surface area contributed by atoms with Crippen LogP contribution in [-0.2, 0) is 16.1 Å². The van der Waals surface area contributed by atoms with E-state index in [0.29, 0.717) is 6.42 Å². The first-order valence-electron chi connectivity index (χ1n) is 6.07. The third-order valence-corrected chi connectivity index (χ3v) is 2.55. The lowest BCUT2D eigenvalue weighted by atomic mass is 10.0. The van der Waals surface area contributed by atoms with Gasteiger partial charge >= 0.3 is 5.97 Å². The van der Waals surface area contributed by atoms with Crippen molar-refractivity contribution in [3.05, 3.63) is 34.7 Å². The summed E-state index contributed by atoms with van der Waals surface area (Å²) in [7, 11) is 0. The zero-order valence-corrected chi connectivity index (χ0v) is 11.0. The highest BCUT2D eigenvalue weighted by Crippen LogP contribution is 2.04. The summed E-state index contributed by atoms with van der Waals surface area (Å²) < 4.78 is 1.23. The number of aromatic nitrogens is 1. The Morgan fingerprint density at radius 3 is 2.58 bits per heavy atom. The number of carbonyl (C=O) groups is 2. The number of nitrogens with one attached hydrogen (secondary N) is 1. The molecule has 1 aromatic rings. The van der Waals surface area contributed by atoms with Crippen molar-refractivity contribution >= 4 is 11.9 Å². The number of carboxylic acid groups (broad SMARTS) is 1. The molecule has 2 N–H and O–H groups in total. The van der Waals surface area contributed by atoms with E-state index in [2.05, 4.69) is 5.32 Å². The quantitative estimate of drug-likeness (QED) is 0.783. The van der Waals surface area contributed by atoms with E-state index in [1.165, 1.54) is 16.8 Å². The molecule has 0 radical (unpaired) electrons. The van der Waals surface area contributed by atoms with Gasteiger partial charge in [-0.1, -0.05) is 19.9 Å². The number of pyridine rings is 1. The van der Waals surface area contributed by atoms with Crippen LogP contribution in [0.15, 0.2) is 29.2 Å². The maximum absolute atomic E-state index is 11.7. The van der Waals surface area contributed by atoms with Crippen LogP contribution < -0.4 is 10.9 Å². The Labute approximate surface area is 111 Å². The summed E-state index contributed by atoms with van der Waals surface area (Å²) in [5.41, 5.74) is -0.298. The lowest BCUT2D eigenvalue weighted by molar-refractivity contribution is -0.142. The Morgan fingerprint density at radius 2 is 2.05 bits per heavy atom. The van der Waals surface area contributed by atoms with Gasteiger partial charge in [-0.3, -0.25) is 9.59 Å². The summed E-state index contributed by atoms with van der Waals surface area (Å²) in [6.45, 7) is 3.58. The molecule has 1 atom stereocenters. The smallest absolute Gasteiger partial charge is 0.326 e. The van der Waals surface area contributed by atoms with Crippen LogP contribution in [0.4, 0.5) is 0 Å². The molecule has 1 heterocycles. The van der Waals surface area contributed by atoms with Crippen LogP contribution in [0.5, 0.6) is 0 Å². The molecule has 0 bridgehead atoms. The van der Waals surface area contributed by atoms with Crippen LogP contribution in [-0.4, -0.2) is 27.6 Å². The molecule has 0 aromatic carbocycles. The van der Waals surface area contributed by atoms with Crippen molar-refractivity contribution in [3.8, 4) is 0 Å². The van der Waals surface area contributed by atoms with Crippen LogP contribution in [0.25, 0.3) is 0 Å². The molecule has 0 aliphatic carbocycles. The van der Waals surface area contributed by atoms with Gasteiger partial charge in [-0.25, -0.2) is 4.79 Å². The summed E-state index contributed by atoms with van der Waals surface area (Å²) in [6, 6.07) is 3.63. The minimum absolute atomic E-state index is 0.154. The molecule has 104 valence electrons. The lowest BCUT2D eigenvalue weighted by Gasteiger charge is -2.16. The Hall–Kier alpha value is -2.11. The van der Waals surface area contributed by atoms with E-state index < -0.39 is 17.9 Å². The van der Waals surface area contributed by atoms with Crippen LogP contribution in [0, 0.1) is 5.92 Å². The van der Waals surface area contributed by atoms with Crippen LogP contribution in [0.3, 0.4) is 0 Å². The first-order valence-corrected chi connectivity index (χ1v) is 6.07. The lowest BCUT2D eigenvalue weighted by Crippen LogP contribution is -2.43. The highest BCUT2D eigenvalue weighted by molar-refractivity contribution is 5.83. The van der Waals surface area contributed by atoms with E-state index in [1.807, 2.05) is 13.8 Å². The fourth-order valence-corrected chi connectivity index (χ4v) is 1.68. The maximum Gasteiger partial charge on any atom is 0.326 e. The van der Waals surface area contributed by atoms with Crippen LogP contribution in [0.1, 0.15) is 20.3 Å². The van der Waals surface area contributed by atoms with Crippen molar-refractivity contribution < 1.29 is 14.7 Å². The third-order valence-electron chi connectivity index (χ3n) is 2.55. The van der Waals surface area contributed by atoms with Crippen LogP contribution in [0.2, 0.25) is 0 Å². The van der Waals surface area contributed by atoms with Gasteiger partial charge in [-0.05, 0) is 18.4 Å². The largest absolute Gasteiger partial charge is 0.480 e. The third kappa shape index (κ3) is 4.95. The molecule has 1 rings (SSSR count). The highest BCUT2D eigenvalue weighted by Gasteiger charge is 2.21. The Balaban J connectivity index is 2.66. The average molecular weight is 266 g/mol. The molecule has 1 unspecified atom stereocenters. The predicted molar refractivity (Wildman–Crippen MR) is 69.7 cm³/mol. The van der Waals surface area contributed by atoms with Gasteiger partial charge in [0.15, 0.2) is 0 Å². The van der Waals surface area contributed by atoms with E-state index in [4.69, 9.17) is 5.11 Å². The molecule has 0 aliphatic heterocycles. The van der Waals surface area contributed by atoms with Crippen molar-refractivity contribution in [1.29, 1.82) is 0 Å². The average Bonchev–Trinajstić information content (AvgIpc) is 2.30. The molecule has 19 heavy (non-hydrogen) atoms. The highest BCUT2D eigenvalue weighted by atomic mass is 16.4. The summed E-state index contributed by atoms with van der Waals surface area (Å²) >= 11 is 0. The molecule has 0 saturated carbocycles. The molecule has 0 fully saturated rings. The number of hydrogen-bond donors (Lipinski definition) is 2. The predicted octanol–water partition coefficient (Wildman–Crippen LogP) is 0.464. The first kappa shape index (κ1) is 14.9. The number of nitrogens with zero attached hydrogens (tertiary/aromatic N) is 1. The summed E-state index contributed by atoms with van der Waals surface area (Å²) in [5.74, 6) is -1.40. The Bertz CT molecular complexity index is 507. The first-order chi connectivity index (χ1) is 8.90. The van der Waals surface area contributed by atoms with Crippen LogP contribution >= 0.6 is 0 Å². The van der Waals surface area contributed by atoms with Gasteiger partial charge in [-0.15, -0.1) is 0 Å². The minimum Gasteiger partial charge on any atom is -0.480 e. The molecule has 1 aromatic heterocycles. The van der Waals surface area contributed by atoms with Crippen molar-refractivity contribution in [2.75, 3.05) is 0 Å². The fourth-order valence-electron chi connectivity index (χ4n) is 1.68. The molecule has 0 spiro atoms. The number of carbonyl (C=O) groups excluding carboxylic acids is 1. The monoisotopic (exact) mass is 266 g/mol. The summed E-state index contributed by atoms with van der Waals surface area (Å²) in [5, 5.41) is 11.4. The Kier molecular flexibility index (Phi) is 5.29. The number of aliphatic carboxylic acids is 1. The van der Waals surface area contributed by atoms with Gasteiger partial charge in [0.1, 0.15) is 12.6 Å². The zero-order chi connectivity index (χ0) is 14.4. The minimum atomic E-state index is -1.07. The molecular weight excluding hydrogens is 248 g/mol. The van der Waals surface area contributed by atoms with Gasteiger partial charge in [-0.2, -0.15) is 0 Å². The van der Waals surface area contributed by atoms with Crippen molar-refractivity contribution in [3.63, 3.8) is 0 Å². The zero-order valence-electron chi connectivity index (χ0n) is 11.0. The van der Waals surface area contributed by atoms with E-state index in [1.54, 1.807) is 12.1 Å². The molecule has 0 aliphatic rings. The number of rotatable bonds is 6. The number of amides is 1. The molecule has 1 amide bonds. The summed E-state index contributed by atoms with van der Waals surface area (Å²) in [4.78, 5) is 34.2. The SMILES string of the molecule is CC(C)CC(NC(=O)Cn1ccccc1=O)C(=O)O. The second-order valence-electron chi connectivity index (χ2n) is 4.75. The molecular formula is C13H18N2O4. The molecule has 0 saturated heterocycles. The standard InChI is InChI=1S/C13H18N2O4/c1-9(2)7-10(13(18)19)14-11(16)8-15-6-4-3-5-12(15)17/h3-6,9-10H,7-8H2,1-2H3,(H,14,16)(H,18,19). The van der Waals surface area contributed by atoms with E-state index in [9.17, 15) is 14.4 Å². The van der Waals surface area contributed by atoms with Gasteiger partial charge in [0.25, 0.3) is 5.56 Å². The van der Waals surface area contributed by atoms with E-state index in [-0.39, 0.29) is 18.0 Å². The second kappa shape index (κ2) is 6.72. The number of hydrogen-bond acceptors (Lipinski definition) is 3. The normalized spacial score (nSPS) is 12.2. The van der Waals surface area contributed by atoms with Gasteiger partial charge in [0.05, 0.1) is 0 Å². The van der Waals surface area contributed by atoms with Gasteiger partial charge in [0.2, 0.25) is 5.91 Å². The van der Waals surface area contributed by atoms with Gasteiger partial charge in [0, 0.05) is 12.3 Å². The topological polar surface area (TPSA) is 88.4 Å². The van der Waals surface area contributed by atoms with Crippen molar-refractivity contribution in [1.82, 2.24) is 9.88 Å². The Morgan fingerprint density at radius 1 is 1.37 bits per heavy atom. The molecule has 6 heteroatoms. The molecule has 6 nitrogen and oxygen atoms in total. The van der Waals surface area contributed by atoms with Gasteiger partial charge < -0.3 is 15.0 Å². The van der Waals surface area contributed by atoms with Crippen molar-refractivity contribution in [2.45, 2.75) is 32.9 Å². The van der Waals surface area contributed by atoms with E-state index >= 15 is 0 Å². The fraction of sp³-hybridized carbons (Fsp3) is 0.462. The maximum atomic E-state index is 11.7. The summed E-state index contributed by atoms with van der Waals surface area (Å²) in [6.07, 6.45) is 1.84. The second-order valence-corrected chi connectivity index (χ2v) is 4.75. The van der Waals surface area contributed by atoms with Crippen molar-refractivity contribution in [2.24, 2.45) is 5.92 Å².